The Bertz CT molecular complexity index is 1800. The van der Waals surface area contributed by atoms with E-state index in [0.29, 0.717) is 19.3 Å². The zero-order valence-corrected chi connectivity index (χ0v) is 53.9. The average molecular weight is 1150 g/mol. The lowest BCUT2D eigenvalue weighted by Gasteiger charge is -2.18. The van der Waals surface area contributed by atoms with Crippen LogP contribution in [0.1, 0.15) is 303 Å². The van der Waals surface area contributed by atoms with Crippen LogP contribution in [0.15, 0.2) is 146 Å². The van der Waals surface area contributed by atoms with Gasteiger partial charge >= 0.3 is 17.9 Å². The first-order valence-corrected chi connectivity index (χ1v) is 34.3. The molecule has 0 aliphatic carbocycles. The second-order valence-electron chi connectivity index (χ2n) is 22.3. The van der Waals surface area contributed by atoms with Gasteiger partial charge in [-0.1, -0.05) is 301 Å². The summed E-state index contributed by atoms with van der Waals surface area (Å²) in [5.41, 5.74) is 0. The standard InChI is InChI=1S/C77H126O6/c1-4-7-10-13-16-19-22-25-28-30-32-33-34-35-36-37-38-39-40-41-42-43-45-46-49-52-55-58-61-64-67-70-76(79)82-73-74(72-81-75(78)69-66-63-60-57-54-51-48-27-24-21-18-15-12-9-6-3)83-77(80)71-68-65-62-59-56-53-50-47-44-31-29-26-23-20-17-14-11-8-5-2/h8-9,11-12,17-18,20-22,25-27,29-30,32,34-35,44,47-48,53,56,62,65,74H,4-7,10,13-16,19,23-24,28,31,33,36-43,45-46,49-52,54-55,57-61,63-64,66-73H2,1-3H3/b11-8-,12-9-,20-17-,21-18-,25-22-,29-26-,32-30-,35-34-,47-44-,48-27-,56-53-,65-62-. The lowest BCUT2D eigenvalue weighted by molar-refractivity contribution is -0.166. The molecule has 0 aromatic heterocycles. The van der Waals surface area contributed by atoms with E-state index in [-0.39, 0.29) is 31.6 Å². The summed E-state index contributed by atoms with van der Waals surface area (Å²) in [4.78, 5) is 38.3. The monoisotopic (exact) mass is 1150 g/mol. The number of carbonyl (C=O) groups is 3. The maximum absolute atomic E-state index is 12.9. The Hall–Kier alpha value is -4.71. The van der Waals surface area contributed by atoms with Gasteiger partial charge in [-0.25, -0.2) is 0 Å². The van der Waals surface area contributed by atoms with Crippen molar-refractivity contribution in [2.24, 2.45) is 0 Å². The van der Waals surface area contributed by atoms with Crippen LogP contribution < -0.4 is 0 Å². The molecule has 0 saturated carbocycles. The van der Waals surface area contributed by atoms with Crippen LogP contribution in [0.3, 0.4) is 0 Å². The van der Waals surface area contributed by atoms with E-state index in [1.807, 2.05) is 6.08 Å². The predicted octanol–water partition coefficient (Wildman–Crippen LogP) is 23.9. The van der Waals surface area contributed by atoms with Crippen molar-refractivity contribution in [2.45, 2.75) is 309 Å². The summed E-state index contributed by atoms with van der Waals surface area (Å²) < 4.78 is 16.9. The highest BCUT2D eigenvalue weighted by molar-refractivity contribution is 5.71. The van der Waals surface area contributed by atoms with E-state index in [1.165, 1.54) is 128 Å². The zero-order valence-electron chi connectivity index (χ0n) is 53.9. The minimum Gasteiger partial charge on any atom is -0.462 e. The second-order valence-corrected chi connectivity index (χ2v) is 22.3. The molecule has 0 heterocycles. The summed E-state index contributed by atoms with van der Waals surface area (Å²) in [6.45, 7) is 6.34. The van der Waals surface area contributed by atoms with Crippen LogP contribution in [0.5, 0.6) is 0 Å². The van der Waals surface area contributed by atoms with Gasteiger partial charge in [0.15, 0.2) is 6.10 Å². The highest BCUT2D eigenvalue weighted by atomic mass is 16.6. The van der Waals surface area contributed by atoms with Crippen molar-refractivity contribution in [1.82, 2.24) is 0 Å². The van der Waals surface area contributed by atoms with Gasteiger partial charge in [0.25, 0.3) is 0 Å². The molecule has 470 valence electrons. The second kappa shape index (κ2) is 69.8. The summed E-state index contributed by atoms with van der Waals surface area (Å²) in [6.07, 6.45) is 100. The van der Waals surface area contributed by atoms with E-state index in [0.717, 1.165) is 128 Å². The minimum atomic E-state index is -0.833. The fourth-order valence-corrected chi connectivity index (χ4v) is 9.26. The molecule has 1 unspecified atom stereocenters. The molecule has 0 aromatic carbocycles. The van der Waals surface area contributed by atoms with Crippen molar-refractivity contribution in [1.29, 1.82) is 0 Å². The SMILES string of the molecule is CC/C=C\C/C=C\C/C=C\C/C=C\C/C=C\C/C=C\CCC(=O)OC(COC(=O)CCCCCCC/C=C\C/C=C\C/C=C\CC)COC(=O)CCCCCCCCCCCCCCCCCC/C=C\C/C=C\C/C=C\CCCCCCC. The van der Waals surface area contributed by atoms with Crippen LogP contribution >= 0.6 is 0 Å². The molecule has 0 fully saturated rings. The van der Waals surface area contributed by atoms with E-state index < -0.39 is 12.1 Å². The molecule has 0 amide bonds. The van der Waals surface area contributed by atoms with Crippen molar-refractivity contribution in [3.05, 3.63) is 146 Å². The number of allylic oxidation sites excluding steroid dienone is 24. The average Bonchev–Trinajstić information content (AvgIpc) is 3.49. The summed E-state index contributed by atoms with van der Waals surface area (Å²) in [7, 11) is 0. The van der Waals surface area contributed by atoms with E-state index in [1.54, 1.807) is 0 Å². The van der Waals surface area contributed by atoms with Gasteiger partial charge in [-0.2, -0.15) is 0 Å². The van der Waals surface area contributed by atoms with E-state index in [4.69, 9.17) is 14.2 Å². The first-order valence-electron chi connectivity index (χ1n) is 34.3. The van der Waals surface area contributed by atoms with E-state index >= 15 is 0 Å². The quantitative estimate of drug-likeness (QED) is 0.0261. The summed E-state index contributed by atoms with van der Waals surface area (Å²) in [6, 6.07) is 0. The zero-order chi connectivity index (χ0) is 59.9. The van der Waals surface area contributed by atoms with Crippen LogP contribution in [-0.2, 0) is 28.6 Å². The van der Waals surface area contributed by atoms with E-state index in [2.05, 4.69) is 161 Å². The maximum atomic E-state index is 12.9. The number of hydrogen-bond donors (Lipinski definition) is 0. The molecule has 0 aromatic rings. The molecule has 0 radical (unpaired) electrons. The molecular weight excluding hydrogens is 1020 g/mol. The number of hydrogen-bond acceptors (Lipinski definition) is 6. The molecule has 0 bridgehead atoms. The van der Waals surface area contributed by atoms with Gasteiger partial charge in [-0.05, 0) is 128 Å². The van der Waals surface area contributed by atoms with Crippen molar-refractivity contribution < 1.29 is 28.6 Å². The van der Waals surface area contributed by atoms with Crippen molar-refractivity contribution in [3.8, 4) is 0 Å². The Morgan fingerprint density at radius 2 is 0.494 bits per heavy atom. The molecular formula is C77H126O6. The Balaban J connectivity index is 4.35. The number of unbranched alkanes of at least 4 members (excludes halogenated alkanes) is 26. The summed E-state index contributed by atoms with van der Waals surface area (Å²) >= 11 is 0. The van der Waals surface area contributed by atoms with Crippen LogP contribution in [0, 0.1) is 0 Å². The number of esters is 3. The smallest absolute Gasteiger partial charge is 0.306 e. The fourth-order valence-electron chi connectivity index (χ4n) is 9.26. The van der Waals surface area contributed by atoms with Crippen LogP contribution in [0.4, 0.5) is 0 Å². The molecule has 0 aliphatic rings. The molecule has 0 saturated heterocycles. The lowest BCUT2D eigenvalue weighted by Crippen LogP contribution is -2.30. The first kappa shape index (κ1) is 78.3. The Kier molecular flexibility index (Phi) is 65.8. The maximum Gasteiger partial charge on any atom is 0.306 e. The van der Waals surface area contributed by atoms with Gasteiger partial charge in [0, 0.05) is 19.3 Å². The highest BCUT2D eigenvalue weighted by Crippen LogP contribution is 2.16. The third-order valence-electron chi connectivity index (χ3n) is 14.3. The first-order chi connectivity index (χ1) is 41.0. The predicted molar refractivity (Wildman–Crippen MR) is 362 cm³/mol. The molecule has 6 nitrogen and oxygen atoms in total. The van der Waals surface area contributed by atoms with Crippen molar-refractivity contribution in [2.75, 3.05) is 13.2 Å². The number of carbonyl (C=O) groups excluding carboxylic acids is 3. The lowest BCUT2D eigenvalue weighted by atomic mass is 10.0. The molecule has 0 spiro atoms. The normalized spacial score (nSPS) is 13.0. The van der Waals surface area contributed by atoms with Crippen LogP contribution in [-0.4, -0.2) is 37.2 Å². The van der Waals surface area contributed by atoms with Crippen molar-refractivity contribution in [3.63, 3.8) is 0 Å². The van der Waals surface area contributed by atoms with Gasteiger partial charge in [-0.15, -0.1) is 0 Å². The van der Waals surface area contributed by atoms with Gasteiger partial charge in [-0.3, -0.25) is 14.4 Å². The highest BCUT2D eigenvalue weighted by Gasteiger charge is 2.19. The van der Waals surface area contributed by atoms with Gasteiger partial charge in [0.2, 0.25) is 0 Å². The molecule has 0 aliphatic heterocycles. The van der Waals surface area contributed by atoms with Crippen LogP contribution in [0.25, 0.3) is 0 Å². The van der Waals surface area contributed by atoms with Gasteiger partial charge in [0.1, 0.15) is 13.2 Å². The molecule has 0 N–H and O–H groups in total. The Morgan fingerprint density at radius 1 is 0.253 bits per heavy atom. The number of rotatable bonds is 61. The molecule has 0 rings (SSSR count). The van der Waals surface area contributed by atoms with Gasteiger partial charge in [0.05, 0.1) is 0 Å². The third kappa shape index (κ3) is 68.0. The van der Waals surface area contributed by atoms with Crippen LogP contribution in [0.2, 0.25) is 0 Å². The Labute approximate surface area is 512 Å². The Morgan fingerprint density at radius 3 is 0.783 bits per heavy atom. The largest absolute Gasteiger partial charge is 0.462 e. The minimum absolute atomic E-state index is 0.117. The summed E-state index contributed by atoms with van der Waals surface area (Å²) in [5, 5.41) is 0. The molecule has 6 heteroatoms. The van der Waals surface area contributed by atoms with Crippen molar-refractivity contribution >= 4 is 17.9 Å². The fraction of sp³-hybridized carbons (Fsp3) is 0.649. The topological polar surface area (TPSA) is 78.9 Å². The molecule has 1 atom stereocenters. The van der Waals surface area contributed by atoms with Gasteiger partial charge < -0.3 is 14.2 Å². The summed E-state index contributed by atoms with van der Waals surface area (Å²) in [5.74, 6) is -1.02. The third-order valence-corrected chi connectivity index (χ3v) is 14.3. The van der Waals surface area contributed by atoms with E-state index in [9.17, 15) is 14.4 Å². The number of ether oxygens (including phenoxy) is 3. The molecule has 83 heavy (non-hydrogen) atoms.